The molecule has 2 saturated carbocycles. The standard InChI is InChI=1S/C7H10F2O2S/c8-5-1-7(2-5)3-6(4-7)12(9,10)11/h5-6H,1-4H2. The Kier molecular flexibility index (Phi) is 1.53. The summed E-state index contributed by atoms with van der Waals surface area (Å²) in [6, 6.07) is 0. The van der Waals surface area contributed by atoms with Gasteiger partial charge in [-0.1, -0.05) is 0 Å². The zero-order valence-corrected chi connectivity index (χ0v) is 7.28. The zero-order chi connectivity index (χ0) is 8.98. The van der Waals surface area contributed by atoms with Crippen LogP contribution in [-0.4, -0.2) is 19.8 Å². The van der Waals surface area contributed by atoms with E-state index in [9.17, 15) is 16.7 Å². The molecule has 12 heavy (non-hydrogen) atoms. The normalized spacial score (nSPS) is 46.8. The Bertz CT molecular complexity index is 285. The summed E-state index contributed by atoms with van der Waals surface area (Å²) in [5.74, 6) is 0. The van der Waals surface area contributed by atoms with E-state index in [1.54, 1.807) is 0 Å². The van der Waals surface area contributed by atoms with E-state index in [0.29, 0.717) is 25.7 Å². The lowest BCUT2D eigenvalue weighted by atomic mass is 9.55. The van der Waals surface area contributed by atoms with Gasteiger partial charge < -0.3 is 0 Å². The Balaban J connectivity index is 1.93. The maximum Gasteiger partial charge on any atom is 0.305 e. The van der Waals surface area contributed by atoms with Crippen LogP contribution in [0.15, 0.2) is 0 Å². The number of halogens is 2. The van der Waals surface area contributed by atoms with Crippen molar-refractivity contribution < 1.29 is 16.7 Å². The first-order valence-electron chi connectivity index (χ1n) is 3.99. The summed E-state index contributed by atoms with van der Waals surface area (Å²) in [5, 5.41) is -0.843. The Labute approximate surface area is 70.2 Å². The van der Waals surface area contributed by atoms with Gasteiger partial charge in [-0.2, -0.15) is 8.42 Å². The second kappa shape index (κ2) is 2.19. The van der Waals surface area contributed by atoms with Gasteiger partial charge in [-0.3, -0.25) is 0 Å². The fraction of sp³-hybridized carbons (Fsp3) is 1.00. The average Bonchev–Trinajstić information content (AvgIpc) is 1.71. The molecule has 0 N–H and O–H groups in total. The Hall–Kier alpha value is -0.190. The lowest BCUT2D eigenvalue weighted by Gasteiger charge is -2.53. The van der Waals surface area contributed by atoms with Crippen molar-refractivity contribution in [3.8, 4) is 0 Å². The summed E-state index contributed by atoms with van der Waals surface area (Å²) in [5.41, 5.74) is -0.150. The van der Waals surface area contributed by atoms with Crippen LogP contribution < -0.4 is 0 Å². The van der Waals surface area contributed by atoms with Crippen LogP contribution in [0.3, 0.4) is 0 Å². The third-order valence-electron chi connectivity index (χ3n) is 3.03. The summed E-state index contributed by atoms with van der Waals surface area (Å²) in [4.78, 5) is 0. The van der Waals surface area contributed by atoms with Crippen LogP contribution in [0.1, 0.15) is 25.7 Å². The van der Waals surface area contributed by atoms with Crippen molar-refractivity contribution in [3.63, 3.8) is 0 Å². The lowest BCUT2D eigenvalue weighted by molar-refractivity contribution is -0.0383. The first-order valence-corrected chi connectivity index (χ1v) is 5.44. The molecule has 0 amide bonds. The van der Waals surface area contributed by atoms with Crippen molar-refractivity contribution in [2.24, 2.45) is 5.41 Å². The van der Waals surface area contributed by atoms with Crippen molar-refractivity contribution in [2.45, 2.75) is 37.1 Å². The van der Waals surface area contributed by atoms with Gasteiger partial charge in [0.15, 0.2) is 0 Å². The van der Waals surface area contributed by atoms with Gasteiger partial charge in [0.2, 0.25) is 0 Å². The van der Waals surface area contributed by atoms with Crippen LogP contribution in [0.5, 0.6) is 0 Å². The molecule has 0 aromatic rings. The van der Waals surface area contributed by atoms with Gasteiger partial charge in [-0.05, 0) is 31.1 Å². The minimum absolute atomic E-state index is 0.150. The molecule has 5 heteroatoms. The average molecular weight is 196 g/mol. The fourth-order valence-electron chi connectivity index (χ4n) is 2.32. The van der Waals surface area contributed by atoms with Gasteiger partial charge in [-0.25, -0.2) is 4.39 Å². The monoisotopic (exact) mass is 196 g/mol. The number of rotatable bonds is 1. The quantitative estimate of drug-likeness (QED) is 0.596. The maximum atomic E-state index is 12.4. The van der Waals surface area contributed by atoms with Crippen molar-refractivity contribution in [2.75, 3.05) is 0 Å². The minimum Gasteiger partial charge on any atom is -0.247 e. The Morgan fingerprint density at radius 1 is 1.17 bits per heavy atom. The zero-order valence-electron chi connectivity index (χ0n) is 6.46. The van der Waals surface area contributed by atoms with Crippen molar-refractivity contribution in [1.29, 1.82) is 0 Å². The topological polar surface area (TPSA) is 34.1 Å². The van der Waals surface area contributed by atoms with Gasteiger partial charge in [0.05, 0.1) is 5.25 Å². The molecule has 0 saturated heterocycles. The van der Waals surface area contributed by atoms with Gasteiger partial charge in [0.25, 0.3) is 0 Å². The molecule has 0 unspecified atom stereocenters. The first kappa shape index (κ1) is 8.41. The van der Waals surface area contributed by atoms with Gasteiger partial charge in [0, 0.05) is 0 Å². The summed E-state index contributed by atoms with van der Waals surface area (Å²) in [6.45, 7) is 0. The maximum absolute atomic E-state index is 12.4. The van der Waals surface area contributed by atoms with Crippen LogP contribution in [-0.2, 0) is 10.2 Å². The molecule has 0 aromatic carbocycles. The fourth-order valence-corrected chi connectivity index (χ4v) is 3.42. The summed E-state index contributed by atoms with van der Waals surface area (Å²) in [6.07, 6.45) is 0.726. The van der Waals surface area contributed by atoms with Crippen LogP contribution in [0, 0.1) is 5.41 Å². The predicted molar refractivity (Wildman–Crippen MR) is 39.6 cm³/mol. The van der Waals surface area contributed by atoms with E-state index in [-0.39, 0.29) is 5.41 Å². The molecule has 2 fully saturated rings. The first-order chi connectivity index (χ1) is 5.41. The highest BCUT2D eigenvalue weighted by Gasteiger charge is 2.57. The molecule has 0 aliphatic heterocycles. The third kappa shape index (κ3) is 1.14. The van der Waals surface area contributed by atoms with E-state index in [0.717, 1.165) is 0 Å². The molecule has 0 bridgehead atoms. The largest absolute Gasteiger partial charge is 0.305 e. The smallest absolute Gasteiger partial charge is 0.247 e. The second-order valence-corrected chi connectivity index (χ2v) is 5.63. The number of hydrogen-bond acceptors (Lipinski definition) is 2. The van der Waals surface area contributed by atoms with Crippen molar-refractivity contribution in [3.05, 3.63) is 0 Å². The predicted octanol–water partition coefficient (Wildman–Crippen LogP) is 1.57. The van der Waals surface area contributed by atoms with Gasteiger partial charge >= 0.3 is 10.2 Å². The highest BCUT2D eigenvalue weighted by atomic mass is 32.3. The third-order valence-corrected chi connectivity index (χ3v) is 4.16. The molecule has 2 rings (SSSR count). The summed E-state index contributed by atoms with van der Waals surface area (Å²) >= 11 is 0. The molecule has 0 atom stereocenters. The molecular weight excluding hydrogens is 186 g/mol. The van der Waals surface area contributed by atoms with Crippen molar-refractivity contribution >= 4 is 10.2 Å². The molecule has 2 aliphatic rings. The molecule has 0 radical (unpaired) electrons. The van der Waals surface area contributed by atoms with E-state index in [1.807, 2.05) is 0 Å². The Morgan fingerprint density at radius 2 is 1.67 bits per heavy atom. The summed E-state index contributed by atoms with van der Waals surface area (Å²) < 4.78 is 45.5. The molecule has 70 valence electrons. The van der Waals surface area contributed by atoms with E-state index in [1.165, 1.54) is 0 Å². The van der Waals surface area contributed by atoms with Gasteiger partial charge in [-0.15, -0.1) is 3.89 Å². The second-order valence-electron chi connectivity index (χ2n) is 4.01. The highest BCUT2D eigenvalue weighted by Crippen LogP contribution is 2.58. The number of hydrogen-bond donors (Lipinski definition) is 0. The van der Waals surface area contributed by atoms with E-state index in [2.05, 4.69) is 0 Å². The highest BCUT2D eigenvalue weighted by molar-refractivity contribution is 7.87. The minimum atomic E-state index is -4.35. The molecule has 0 heterocycles. The lowest BCUT2D eigenvalue weighted by Crippen LogP contribution is -2.52. The van der Waals surface area contributed by atoms with E-state index < -0.39 is 21.6 Å². The molecule has 2 aliphatic carbocycles. The van der Waals surface area contributed by atoms with Gasteiger partial charge in [0.1, 0.15) is 6.17 Å². The van der Waals surface area contributed by atoms with Crippen LogP contribution in [0.25, 0.3) is 0 Å². The van der Waals surface area contributed by atoms with E-state index >= 15 is 0 Å². The van der Waals surface area contributed by atoms with Crippen LogP contribution in [0.2, 0.25) is 0 Å². The van der Waals surface area contributed by atoms with Crippen LogP contribution in [0.4, 0.5) is 8.28 Å². The molecule has 2 nitrogen and oxygen atoms in total. The SMILES string of the molecule is O=S(=O)(F)C1CC2(CC(F)C2)C1. The molecular formula is C7H10F2O2S. The molecule has 1 spiro atoms. The van der Waals surface area contributed by atoms with E-state index in [4.69, 9.17) is 0 Å². The summed E-state index contributed by atoms with van der Waals surface area (Å²) in [7, 11) is -4.35. The van der Waals surface area contributed by atoms with Crippen LogP contribution >= 0.6 is 0 Å². The number of alkyl halides is 1. The molecule has 0 aromatic heterocycles. The van der Waals surface area contributed by atoms with Crippen molar-refractivity contribution in [1.82, 2.24) is 0 Å². The Morgan fingerprint density at radius 3 is 2.00 bits per heavy atom.